The second-order valence-electron chi connectivity index (χ2n) is 9.88. The van der Waals surface area contributed by atoms with Crippen molar-refractivity contribution >= 4 is 33.5 Å². The smallest absolute Gasteiger partial charge is 0.243 e. The van der Waals surface area contributed by atoms with Crippen LogP contribution in [0.3, 0.4) is 0 Å². The largest absolute Gasteiger partial charge is 0.494 e. The molecule has 0 aliphatic carbocycles. The first kappa shape index (κ1) is 29.0. The van der Waals surface area contributed by atoms with Gasteiger partial charge in [-0.15, -0.1) is 0 Å². The fourth-order valence-corrected chi connectivity index (χ4v) is 6.16. The number of sulfonamides is 1. The van der Waals surface area contributed by atoms with Gasteiger partial charge in [-0.1, -0.05) is 47.5 Å². The topological polar surface area (TPSA) is 66.9 Å². The Labute approximate surface area is 236 Å². The van der Waals surface area contributed by atoms with Gasteiger partial charge in [-0.25, -0.2) is 8.42 Å². The molecule has 206 valence electrons. The van der Waals surface area contributed by atoms with E-state index in [1.165, 1.54) is 9.87 Å². The first-order chi connectivity index (χ1) is 18.7. The standard InChI is InChI=1S/C31H35ClN2O4S/c1-24-4-6-25(7-5-24)8-17-31(35)26-9-13-29(14-10-26)38-23-3-20-34-21-18-28(19-22-34)33(2)39(36,37)30-15-11-27(32)12-16-30/h4-17,28H,3,18-23H2,1-2H3. The van der Waals surface area contributed by atoms with Gasteiger partial charge in [0.25, 0.3) is 0 Å². The molecule has 1 heterocycles. The van der Waals surface area contributed by atoms with Crippen molar-refractivity contribution < 1.29 is 17.9 Å². The van der Waals surface area contributed by atoms with Crippen LogP contribution in [0.1, 0.15) is 40.7 Å². The van der Waals surface area contributed by atoms with Crippen molar-refractivity contribution in [3.8, 4) is 5.75 Å². The summed E-state index contributed by atoms with van der Waals surface area (Å²) in [6.45, 7) is 5.19. The Kier molecular flexibility index (Phi) is 9.97. The van der Waals surface area contributed by atoms with Crippen molar-refractivity contribution in [1.29, 1.82) is 0 Å². The van der Waals surface area contributed by atoms with Crippen LogP contribution >= 0.6 is 11.6 Å². The molecule has 6 nitrogen and oxygen atoms in total. The molecule has 1 aliphatic heterocycles. The van der Waals surface area contributed by atoms with Gasteiger partial charge in [0.15, 0.2) is 5.78 Å². The molecule has 0 bridgehead atoms. The SMILES string of the molecule is Cc1ccc(C=CC(=O)c2ccc(OCCCN3CCC(N(C)S(=O)(=O)c4ccc(Cl)cc4)CC3)cc2)cc1. The van der Waals surface area contributed by atoms with Crippen LogP contribution in [-0.2, 0) is 10.0 Å². The third-order valence-electron chi connectivity index (χ3n) is 7.09. The molecule has 0 saturated carbocycles. The van der Waals surface area contributed by atoms with Gasteiger partial charge in [-0.2, -0.15) is 4.31 Å². The number of nitrogens with zero attached hydrogens (tertiary/aromatic N) is 2. The summed E-state index contributed by atoms with van der Waals surface area (Å²) < 4.78 is 33.3. The van der Waals surface area contributed by atoms with Crippen LogP contribution in [-0.4, -0.2) is 62.7 Å². The van der Waals surface area contributed by atoms with E-state index in [1.54, 1.807) is 49.5 Å². The number of piperidine rings is 1. The number of ketones is 1. The number of aryl methyl sites for hydroxylation is 1. The lowest BCUT2D eigenvalue weighted by Crippen LogP contribution is -2.45. The van der Waals surface area contributed by atoms with Gasteiger partial charge in [-0.05, 0) is 99.4 Å². The van der Waals surface area contributed by atoms with Gasteiger partial charge in [0.1, 0.15) is 5.75 Å². The molecule has 4 rings (SSSR count). The van der Waals surface area contributed by atoms with E-state index in [4.69, 9.17) is 16.3 Å². The molecule has 0 aromatic heterocycles. The van der Waals surface area contributed by atoms with Crippen LogP contribution in [0, 0.1) is 6.92 Å². The van der Waals surface area contributed by atoms with E-state index >= 15 is 0 Å². The molecule has 0 amide bonds. The minimum absolute atomic E-state index is 0.0221. The summed E-state index contributed by atoms with van der Waals surface area (Å²) in [6, 6.07) is 21.6. The summed E-state index contributed by atoms with van der Waals surface area (Å²) in [4.78, 5) is 15.1. The predicted molar refractivity (Wildman–Crippen MR) is 157 cm³/mol. The van der Waals surface area contributed by atoms with Crippen molar-refractivity contribution in [2.24, 2.45) is 0 Å². The normalized spacial score (nSPS) is 15.2. The first-order valence-corrected chi connectivity index (χ1v) is 15.0. The highest BCUT2D eigenvalue weighted by atomic mass is 35.5. The van der Waals surface area contributed by atoms with Crippen LogP contribution in [0.25, 0.3) is 6.08 Å². The van der Waals surface area contributed by atoms with Crippen molar-refractivity contribution in [2.75, 3.05) is 33.3 Å². The molecular formula is C31H35ClN2O4S. The number of likely N-dealkylation sites (tertiary alicyclic amines) is 1. The average Bonchev–Trinajstić information content (AvgIpc) is 2.95. The fraction of sp³-hybridized carbons (Fsp3) is 0.323. The molecule has 0 atom stereocenters. The Morgan fingerprint density at radius 3 is 2.28 bits per heavy atom. The third-order valence-corrected chi connectivity index (χ3v) is 9.27. The van der Waals surface area contributed by atoms with E-state index < -0.39 is 10.0 Å². The maximum atomic E-state index is 13.0. The number of carbonyl (C=O) groups excluding carboxylic acids is 1. The monoisotopic (exact) mass is 566 g/mol. The van der Waals surface area contributed by atoms with Gasteiger partial charge in [-0.3, -0.25) is 4.79 Å². The second-order valence-corrected chi connectivity index (χ2v) is 12.3. The molecule has 3 aromatic carbocycles. The van der Waals surface area contributed by atoms with Crippen molar-refractivity contribution in [1.82, 2.24) is 9.21 Å². The van der Waals surface area contributed by atoms with Gasteiger partial charge in [0.2, 0.25) is 10.0 Å². The van der Waals surface area contributed by atoms with Crippen molar-refractivity contribution in [3.63, 3.8) is 0 Å². The minimum atomic E-state index is -3.54. The summed E-state index contributed by atoms with van der Waals surface area (Å²) in [5.74, 6) is 0.693. The molecule has 0 radical (unpaired) electrons. The highest BCUT2D eigenvalue weighted by Crippen LogP contribution is 2.24. The van der Waals surface area contributed by atoms with E-state index in [2.05, 4.69) is 4.90 Å². The van der Waals surface area contributed by atoms with Crippen molar-refractivity contribution in [2.45, 2.75) is 37.1 Å². The maximum Gasteiger partial charge on any atom is 0.243 e. The van der Waals surface area contributed by atoms with Gasteiger partial charge in [0.05, 0.1) is 11.5 Å². The van der Waals surface area contributed by atoms with Crippen LogP contribution in [0.5, 0.6) is 5.75 Å². The molecule has 1 aliphatic rings. The Hall–Kier alpha value is -2.97. The van der Waals surface area contributed by atoms with Gasteiger partial charge >= 0.3 is 0 Å². The summed E-state index contributed by atoms with van der Waals surface area (Å²) in [5.41, 5.74) is 2.80. The van der Waals surface area contributed by atoms with Gasteiger partial charge in [0, 0.05) is 30.2 Å². The minimum Gasteiger partial charge on any atom is -0.494 e. The van der Waals surface area contributed by atoms with Crippen molar-refractivity contribution in [3.05, 3.63) is 101 Å². The van der Waals surface area contributed by atoms with E-state index in [1.807, 2.05) is 49.4 Å². The number of hydrogen-bond donors (Lipinski definition) is 0. The van der Waals surface area contributed by atoms with E-state index in [0.717, 1.165) is 50.2 Å². The van der Waals surface area contributed by atoms with Crippen LogP contribution in [0.2, 0.25) is 5.02 Å². The molecule has 1 saturated heterocycles. The molecule has 0 spiro atoms. The maximum absolute atomic E-state index is 13.0. The third kappa shape index (κ3) is 8.02. The number of rotatable bonds is 11. The van der Waals surface area contributed by atoms with Crippen LogP contribution < -0.4 is 4.74 Å². The Bertz CT molecular complexity index is 1360. The average molecular weight is 567 g/mol. The van der Waals surface area contributed by atoms with E-state index in [9.17, 15) is 13.2 Å². The number of carbonyl (C=O) groups is 1. The summed E-state index contributed by atoms with van der Waals surface area (Å²) >= 11 is 5.90. The number of benzene rings is 3. The first-order valence-electron chi connectivity index (χ1n) is 13.2. The Morgan fingerprint density at radius 1 is 1.00 bits per heavy atom. The number of halogens is 1. The second kappa shape index (κ2) is 13.4. The Balaban J connectivity index is 1.16. The summed E-state index contributed by atoms with van der Waals surface area (Å²) in [7, 11) is -1.88. The lowest BCUT2D eigenvalue weighted by atomic mass is 10.1. The highest BCUT2D eigenvalue weighted by Gasteiger charge is 2.30. The molecular weight excluding hydrogens is 532 g/mol. The summed E-state index contributed by atoms with van der Waals surface area (Å²) in [5, 5.41) is 0.517. The van der Waals surface area contributed by atoms with E-state index in [0.29, 0.717) is 17.2 Å². The quantitative estimate of drug-likeness (QED) is 0.159. The molecule has 0 unspecified atom stereocenters. The predicted octanol–water partition coefficient (Wildman–Crippen LogP) is 6.10. The van der Waals surface area contributed by atoms with E-state index in [-0.39, 0.29) is 16.7 Å². The summed E-state index contributed by atoms with van der Waals surface area (Å²) in [6.07, 6.45) is 5.86. The number of ether oxygens (including phenoxy) is 1. The van der Waals surface area contributed by atoms with Crippen LogP contribution in [0.4, 0.5) is 0 Å². The van der Waals surface area contributed by atoms with Gasteiger partial charge < -0.3 is 9.64 Å². The highest BCUT2D eigenvalue weighted by molar-refractivity contribution is 7.89. The fourth-order valence-electron chi connectivity index (χ4n) is 4.61. The zero-order valence-electron chi connectivity index (χ0n) is 22.4. The zero-order valence-corrected chi connectivity index (χ0v) is 24.0. The number of hydrogen-bond acceptors (Lipinski definition) is 5. The molecule has 1 fully saturated rings. The number of allylic oxidation sites excluding steroid dienone is 1. The molecule has 0 N–H and O–H groups in total. The molecule has 39 heavy (non-hydrogen) atoms. The Morgan fingerprint density at radius 2 is 1.64 bits per heavy atom. The zero-order chi connectivity index (χ0) is 27.8. The lowest BCUT2D eigenvalue weighted by molar-refractivity contribution is 0.104. The van der Waals surface area contributed by atoms with Crippen LogP contribution in [0.15, 0.2) is 83.8 Å². The molecule has 8 heteroatoms. The lowest BCUT2D eigenvalue weighted by Gasteiger charge is -2.36. The molecule has 3 aromatic rings.